The Morgan fingerprint density at radius 2 is 2.10 bits per heavy atom. The highest BCUT2D eigenvalue weighted by Gasteiger charge is 2.26. The minimum Gasteiger partial charge on any atom is -0.391 e. The second kappa shape index (κ2) is 5.38. The average molecular weight is 336 g/mol. The number of hydrogen-bond donors (Lipinski definition) is 1. The van der Waals surface area contributed by atoms with Crippen molar-refractivity contribution >= 4 is 21.8 Å². The number of halogens is 1. The Balaban J connectivity index is 1.79. The molecule has 0 spiro atoms. The van der Waals surface area contributed by atoms with Crippen LogP contribution in [0.3, 0.4) is 0 Å². The summed E-state index contributed by atoms with van der Waals surface area (Å²) in [5.41, 5.74) is 1.35. The van der Waals surface area contributed by atoms with Crippen LogP contribution in [0.4, 0.5) is 0 Å². The summed E-state index contributed by atoms with van der Waals surface area (Å²) < 4.78 is 2.82. The van der Waals surface area contributed by atoms with Gasteiger partial charge in [-0.05, 0) is 30.7 Å². The predicted molar refractivity (Wildman–Crippen MR) is 77.8 cm³/mol. The number of β-amino-alcohol motifs (C(OH)–C–C–N with tert-alkyl or cyclic N) is 1. The van der Waals surface area contributed by atoms with Crippen LogP contribution >= 0.6 is 15.9 Å². The van der Waals surface area contributed by atoms with Gasteiger partial charge in [-0.2, -0.15) is 0 Å². The SMILES string of the molecule is O=C(c1cn(-c2ccc(Br)cc2)cn1)N1CC[C@H](O)C1. The Morgan fingerprint density at radius 3 is 2.75 bits per heavy atom. The molecule has 1 atom stereocenters. The number of aliphatic hydroxyl groups excluding tert-OH is 1. The molecule has 1 amide bonds. The fraction of sp³-hybridized carbons (Fsp3) is 0.286. The van der Waals surface area contributed by atoms with Crippen LogP contribution in [0.5, 0.6) is 0 Å². The number of aliphatic hydroxyl groups is 1. The van der Waals surface area contributed by atoms with E-state index >= 15 is 0 Å². The maximum absolute atomic E-state index is 12.2. The van der Waals surface area contributed by atoms with E-state index < -0.39 is 6.10 Å². The lowest BCUT2D eigenvalue weighted by Crippen LogP contribution is -2.29. The fourth-order valence-corrected chi connectivity index (χ4v) is 2.54. The number of likely N-dealkylation sites (tertiary alicyclic amines) is 1. The van der Waals surface area contributed by atoms with Crippen LogP contribution < -0.4 is 0 Å². The van der Waals surface area contributed by atoms with Gasteiger partial charge in [0.05, 0.1) is 6.10 Å². The maximum Gasteiger partial charge on any atom is 0.274 e. The third kappa shape index (κ3) is 2.62. The molecular weight excluding hydrogens is 322 g/mol. The molecule has 2 aromatic rings. The minimum absolute atomic E-state index is 0.127. The minimum atomic E-state index is -0.410. The van der Waals surface area contributed by atoms with E-state index in [2.05, 4.69) is 20.9 Å². The molecule has 104 valence electrons. The van der Waals surface area contributed by atoms with Crippen molar-refractivity contribution in [3.05, 3.63) is 47.0 Å². The van der Waals surface area contributed by atoms with E-state index in [1.165, 1.54) is 0 Å². The number of benzene rings is 1. The lowest BCUT2D eigenvalue weighted by atomic mass is 10.3. The van der Waals surface area contributed by atoms with Crippen molar-refractivity contribution in [2.45, 2.75) is 12.5 Å². The Bertz CT molecular complexity index is 624. The summed E-state index contributed by atoms with van der Waals surface area (Å²) >= 11 is 3.39. The van der Waals surface area contributed by atoms with Crippen LogP contribution in [0.2, 0.25) is 0 Å². The van der Waals surface area contributed by atoms with E-state index in [0.29, 0.717) is 25.2 Å². The largest absolute Gasteiger partial charge is 0.391 e. The van der Waals surface area contributed by atoms with Gasteiger partial charge in [-0.15, -0.1) is 0 Å². The first kappa shape index (κ1) is 13.3. The van der Waals surface area contributed by atoms with Crippen LogP contribution in [0.1, 0.15) is 16.9 Å². The molecule has 2 heterocycles. The van der Waals surface area contributed by atoms with E-state index in [4.69, 9.17) is 0 Å². The van der Waals surface area contributed by atoms with Gasteiger partial charge in [-0.3, -0.25) is 4.79 Å². The number of rotatable bonds is 2. The van der Waals surface area contributed by atoms with Gasteiger partial charge in [0, 0.05) is 29.4 Å². The first-order chi connectivity index (χ1) is 9.63. The molecule has 1 aromatic heterocycles. The molecule has 1 aromatic carbocycles. The van der Waals surface area contributed by atoms with Gasteiger partial charge < -0.3 is 14.6 Å². The van der Waals surface area contributed by atoms with Crippen molar-refractivity contribution in [3.63, 3.8) is 0 Å². The highest BCUT2D eigenvalue weighted by molar-refractivity contribution is 9.10. The van der Waals surface area contributed by atoms with Crippen LogP contribution in [0.15, 0.2) is 41.3 Å². The van der Waals surface area contributed by atoms with E-state index in [1.54, 1.807) is 17.4 Å². The van der Waals surface area contributed by atoms with Gasteiger partial charge >= 0.3 is 0 Å². The zero-order valence-corrected chi connectivity index (χ0v) is 12.3. The first-order valence-corrected chi connectivity index (χ1v) is 7.20. The number of nitrogens with zero attached hydrogens (tertiary/aromatic N) is 3. The number of carbonyl (C=O) groups is 1. The molecular formula is C14H14BrN3O2. The highest BCUT2D eigenvalue weighted by atomic mass is 79.9. The number of carbonyl (C=O) groups excluding carboxylic acids is 1. The van der Waals surface area contributed by atoms with Crippen molar-refractivity contribution in [3.8, 4) is 5.69 Å². The molecule has 20 heavy (non-hydrogen) atoms. The molecule has 1 fully saturated rings. The molecule has 1 saturated heterocycles. The molecule has 6 heteroatoms. The molecule has 1 aliphatic rings. The standard InChI is InChI=1S/C14H14BrN3O2/c15-10-1-3-11(4-2-10)18-8-13(16-9-18)14(20)17-6-5-12(19)7-17/h1-4,8-9,12,19H,5-7H2/t12-/m0/s1. The van der Waals surface area contributed by atoms with Gasteiger partial charge in [0.2, 0.25) is 0 Å². The van der Waals surface area contributed by atoms with Crippen LogP contribution in [-0.4, -0.2) is 44.7 Å². The van der Waals surface area contributed by atoms with Crippen molar-refractivity contribution < 1.29 is 9.90 Å². The van der Waals surface area contributed by atoms with Gasteiger partial charge in [0.15, 0.2) is 0 Å². The quantitative estimate of drug-likeness (QED) is 0.911. The van der Waals surface area contributed by atoms with Gasteiger partial charge in [-0.25, -0.2) is 4.98 Å². The molecule has 0 radical (unpaired) electrons. The molecule has 1 N–H and O–H groups in total. The lowest BCUT2D eigenvalue weighted by Gasteiger charge is -2.13. The molecule has 0 bridgehead atoms. The third-order valence-electron chi connectivity index (χ3n) is 3.38. The van der Waals surface area contributed by atoms with Gasteiger partial charge in [-0.1, -0.05) is 15.9 Å². The maximum atomic E-state index is 12.2. The average Bonchev–Trinajstić information content (AvgIpc) is 3.08. The second-order valence-corrected chi connectivity index (χ2v) is 5.75. The van der Waals surface area contributed by atoms with Crippen molar-refractivity contribution in [2.24, 2.45) is 0 Å². The normalized spacial score (nSPS) is 18.5. The fourth-order valence-electron chi connectivity index (χ4n) is 2.28. The summed E-state index contributed by atoms with van der Waals surface area (Å²) in [6.45, 7) is 0.981. The van der Waals surface area contributed by atoms with E-state index in [1.807, 2.05) is 28.8 Å². The van der Waals surface area contributed by atoms with Crippen molar-refractivity contribution in [1.82, 2.24) is 14.5 Å². The van der Waals surface area contributed by atoms with Gasteiger partial charge in [0.1, 0.15) is 12.0 Å². The van der Waals surface area contributed by atoms with E-state index in [9.17, 15) is 9.90 Å². The van der Waals surface area contributed by atoms with Crippen molar-refractivity contribution in [1.29, 1.82) is 0 Å². The Hall–Kier alpha value is -1.66. The zero-order chi connectivity index (χ0) is 14.1. The van der Waals surface area contributed by atoms with Crippen LogP contribution in [-0.2, 0) is 0 Å². The number of imidazole rings is 1. The lowest BCUT2D eigenvalue weighted by molar-refractivity contribution is 0.0759. The topological polar surface area (TPSA) is 58.4 Å². The monoisotopic (exact) mass is 335 g/mol. The van der Waals surface area contributed by atoms with E-state index in [0.717, 1.165) is 10.2 Å². The molecule has 1 aliphatic heterocycles. The molecule has 0 aliphatic carbocycles. The van der Waals surface area contributed by atoms with Crippen LogP contribution in [0, 0.1) is 0 Å². The Labute approximate surface area is 125 Å². The molecule has 0 saturated carbocycles. The second-order valence-electron chi connectivity index (χ2n) is 4.84. The van der Waals surface area contributed by atoms with Gasteiger partial charge in [0.25, 0.3) is 5.91 Å². The van der Waals surface area contributed by atoms with Crippen molar-refractivity contribution in [2.75, 3.05) is 13.1 Å². The molecule has 0 unspecified atom stereocenters. The smallest absolute Gasteiger partial charge is 0.274 e. The van der Waals surface area contributed by atoms with E-state index in [-0.39, 0.29) is 5.91 Å². The number of hydrogen-bond acceptors (Lipinski definition) is 3. The summed E-state index contributed by atoms with van der Waals surface area (Å²) in [4.78, 5) is 18.0. The number of amides is 1. The highest BCUT2D eigenvalue weighted by Crippen LogP contribution is 2.16. The number of aromatic nitrogens is 2. The third-order valence-corrected chi connectivity index (χ3v) is 3.91. The Morgan fingerprint density at radius 1 is 1.35 bits per heavy atom. The Kier molecular flexibility index (Phi) is 3.58. The zero-order valence-electron chi connectivity index (χ0n) is 10.7. The van der Waals surface area contributed by atoms with Crippen LogP contribution in [0.25, 0.3) is 5.69 Å². The summed E-state index contributed by atoms with van der Waals surface area (Å²) in [5, 5.41) is 9.48. The summed E-state index contributed by atoms with van der Waals surface area (Å²) in [7, 11) is 0. The molecule has 3 rings (SSSR count). The summed E-state index contributed by atoms with van der Waals surface area (Å²) in [6, 6.07) is 7.76. The first-order valence-electron chi connectivity index (χ1n) is 6.41. The summed E-state index contributed by atoms with van der Waals surface area (Å²) in [5.74, 6) is -0.127. The summed E-state index contributed by atoms with van der Waals surface area (Å²) in [6.07, 6.45) is 3.57. The molecule has 5 nitrogen and oxygen atoms in total. The predicted octanol–water partition coefficient (Wildman–Crippen LogP) is 1.84.